The van der Waals surface area contributed by atoms with Crippen LogP contribution in [-0.2, 0) is 16.1 Å². The molecule has 0 atom stereocenters. The summed E-state index contributed by atoms with van der Waals surface area (Å²) in [4.78, 5) is 30.5. The second kappa shape index (κ2) is 6.92. The molecule has 7 heteroatoms. The number of rotatable bonds is 4. The number of carbonyl (C=O) groups excluding carboxylic acids is 2. The van der Waals surface area contributed by atoms with Crippen LogP contribution in [0.1, 0.15) is 24.1 Å². The highest BCUT2D eigenvalue weighted by atomic mass is 32.1. The largest absolute Gasteiger partial charge is 0.286 e. The van der Waals surface area contributed by atoms with E-state index in [1.807, 2.05) is 42.6 Å². The molecule has 24 heavy (non-hydrogen) atoms. The van der Waals surface area contributed by atoms with Crippen molar-refractivity contribution in [2.75, 3.05) is 11.9 Å². The van der Waals surface area contributed by atoms with Crippen LogP contribution in [0.25, 0.3) is 0 Å². The molecule has 1 aromatic heterocycles. The van der Waals surface area contributed by atoms with E-state index in [2.05, 4.69) is 10.1 Å². The molecule has 2 amide bonds. The number of hydrogen-bond acceptors (Lipinski definition) is 5. The zero-order chi connectivity index (χ0) is 17.1. The summed E-state index contributed by atoms with van der Waals surface area (Å²) in [5, 5.41) is 8.21. The van der Waals surface area contributed by atoms with Gasteiger partial charge in [-0.15, -0.1) is 11.3 Å². The maximum absolute atomic E-state index is 12.6. The van der Waals surface area contributed by atoms with E-state index in [4.69, 9.17) is 0 Å². The van der Waals surface area contributed by atoms with Crippen molar-refractivity contribution in [1.29, 1.82) is 0 Å². The van der Waals surface area contributed by atoms with E-state index < -0.39 is 0 Å². The van der Waals surface area contributed by atoms with E-state index in [1.165, 1.54) is 21.2 Å². The standard InChI is InChI=1S/C17H18N4O2S/c1-12-11-24-17(18-12)20(2)16(23)14-8-9-15(22)21(19-14)10-13-6-4-3-5-7-13/h3-7,11H,8-10H2,1-2H3. The molecule has 6 nitrogen and oxygen atoms in total. The van der Waals surface area contributed by atoms with Crippen LogP contribution in [0.3, 0.4) is 0 Å². The van der Waals surface area contributed by atoms with Gasteiger partial charge in [0.25, 0.3) is 5.91 Å². The van der Waals surface area contributed by atoms with Gasteiger partial charge in [0, 0.05) is 25.3 Å². The second-order valence-corrected chi connectivity index (χ2v) is 6.46. The summed E-state index contributed by atoms with van der Waals surface area (Å²) >= 11 is 1.41. The number of amides is 2. The van der Waals surface area contributed by atoms with E-state index in [9.17, 15) is 9.59 Å². The van der Waals surface area contributed by atoms with Crippen LogP contribution >= 0.6 is 11.3 Å². The van der Waals surface area contributed by atoms with E-state index in [1.54, 1.807) is 7.05 Å². The fourth-order valence-electron chi connectivity index (χ4n) is 2.41. The highest BCUT2D eigenvalue weighted by Gasteiger charge is 2.27. The molecule has 0 unspecified atom stereocenters. The third kappa shape index (κ3) is 3.51. The molecule has 0 aliphatic carbocycles. The number of aryl methyl sites for hydroxylation is 1. The van der Waals surface area contributed by atoms with Crippen LogP contribution in [-0.4, -0.2) is 34.6 Å². The Morgan fingerprint density at radius 3 is 2.71 bits per heavy atom. The summed E-state index contributed by atoms with van der Waals surface area (Å²) in [5.41, 5.74) is 2.24. The van der Waals surface area contributed by atoms with Crippen molar-refractivity contribution in [2.24, 2.45) is 5.10 Å². The number of hydrazone groups is 1. The first-order chi connectivity index (χ1) is 11.5. The van der Waals surface area contributed by atoms with Gasteiger partial charge in [0.2, 0.25) is 5.91 Å². The first kappa shape index (κ1) is 16.3. The molecule has 1 aliphatic rings. The fourth-order valence-corrected chi connectivity index (χ4v) is 3.18. The summed E-state index contributed by atoms with van der Waals surface area (Å²) in [6.45, 7) is 2.26. The topological polar surface area (TPSA) is 65.9 Å². The molecule has 2 heterocycles. The molecule has 1 aromatic carbocycles. The molecule has 0 N–H and O–H groups in total. The highest BCUT2D eigenvalue weighted by Crippen LogP contribution is 2.21. The zero-order valence-electron chi connectivity index (χ0n) is 13.6. The maximum Gasteiger partial charge on any atom is 0.276 e. The Hall–Kier alpha value is -2.54. The average Bonchev–Trinajstić information content (AvgIpc) is 3.03. The Labute approximate surface area is 144 Å². The molecule has 0 radical (unpaired) electrons. The third-order valence-electron chi connectivity index (χ3n) is 3.73. The van der Waals surface area contributed by atoms with Crippen molar-refractivity contribution in [1.82, 2.24) is 9.99 Å². The third-order valence-corrected chi connectivity index (χ3v) is 4.76. The maximum atomic E-state index is 12.6. The molecular weight excluding hydrogens is 324 g/mol. The Bertz CT molecular complexity index is 785. The minimum absolute atomic E-state index is 0.0665. The van der Waals surface area contributed by atoms with Crippen molar-refractivity contribution >= 4 is 34.0 Å². The van der Waals surface area contributed by atoms with Gasteiger partial charge in [-0.05, 0) is 12.5 Å². The van der Waals surface area contributed by atoms with Crippen molar-refractivity contribution in [3.8, 4) is 0 Å². The minimum atomic E-state index is -0.213. The average molecular weight is 342 g/mol. The lowest BCUT2D eigenvalue weighted by molar-refractivity contribution is -0.132. The monoisotopic (exact) mass is 342 g/mol. The number of aromatic nitrogens is 1. The number of thiazole rings is 1. The molecular formula is C17H18N4O2S. The van der Waals surface area contributed by atoms with Gasteiger partial charge in [-0.25, -0.2) is 9.99 Å². The highest BCUT2D eigenvalue weighted by molar-refractivity contribution is 7.14. The zero-order valence-corrected chi connectivity index (χ0v) is 14.4. The second-order valence-electron chi connectivity index (χ2n) is 5.62. The predicted molar refractivity (Wildman–Crippen MR) is 93.9 cm³/mol. The van der Waals surface area contributed by atoms with E-state index in [0.29, 0.717) is 30.2 Å². The molecule has 2 aromatic rings. The smallest absolute Gasteiger partial charge is 0.276 e. The van der Waals surface area contributed by atoms with Crippen LogP contribution in [0.2, 0.25) is 0 Å². The Balaban J connectivity index is 1.78. The van der Waals surface area contributed by atoms with Crippen LogP contribution in [0.15, 0.2) is 40.8 Å². The Kier molecular flexibility index (Phi) is 4.71. The van der Waals surface area contributed by atoms with Gasteiger partial charge in [-0.3, -0.25) is 14.5 Å². The lowest BCUT2D eigenvalue weighted by Crippen LogP contribution is -2.39. The van der Waals surface area contributed by atoms with E-state index in [-0.39, 0.29) is 11.8 Å². The van der Waals surface area contributed by atoms with Crippen LogP contribution in [0.4, 0.5) is 5.13 Å². The van der Waals surface area contributed by atoms with Crippen LogP contribution in [0, 0.1) is 6.92 Å². The molecule has 0 spiro atoms. The lowest BCUT2D eigenvalue weighted by Gasteiger charge is -2.24. The first-order valence-corrected chi connectivity index (χ1v) is 8.54. The van der Waals surface area contributed by atoms with Gasteiger partial charge in [0.15, 0.2) is 5.13 Å². The quantitative estimate of drug-likeness (QED) is 0.858. The summed E-state index contributed by atoms with van der Waals surface area (Å²) < 4.78 is 0. The summed E-state index contributed by atoms with van der Waals surface area (Å²) in [5.74, 6) is -0.280. The predicted octanol–water partition coefficient (Wildman–Crippen LogP) is 2.59. The van der Waals surface area contributed by atoms with Crippen LogP contribution in [0.5, 0.6) is 0 Å². The van der Waals surface area contributed by atoms with Gasteiger partial charge in [-0.2, -0.15) is 5.10 Å². The summed E-state index contributed by atoms with van der Waals surface area (Å²) in [6.07, 6.45) is 0.653. The molecule has 1 aliphatic heterocycles. The van der Waals surface area contributed by atoms with Gasteiger partial charge < -0.3 is 0 Å². The van der Waals surface area contributed by atoms with Crippen molar-refractivity contribution < 1.29 is 9.59 Å². The summed E-state index contributed by atoms with van der Waals surface area (Å²) in [7, 11) is 1.68. The van der Waals surface area contributed by atoms with Crippen molar-refractivity contribution in [3.63, 3.8) is 0 Å². The van der Waals surface area contributed by atoms with E-state index >= 15 is 0 Å². The number of carbonyl (C=O) groups is 2. The Morgan fingerprint density at radius 1 is 1.29 bits per heavy atom. The minimum Gasteiger partial charge on any atom is -0.286 e. The number of anilines is 1. The molecule has 0 saturated heterocycles. The molecule has 0 fully saturated rings. The first-order valence-electron chi connectivity index (χ1n) is 7.66. The van der Waals surface area contributed by atoms with Gasteiger partial charge >= 0.3 is 0 Å². The fraction of sp³-hybridized carbons (Fsp3) is 0.294. The van der Waals surface area contributed by atoms with E-state index in [0.717, 1.165) is 11.3 Å². The van der Waals surface area contributed by atoms with Gasteiger partial charge in [-0.1, -0.05) is 30.3 Å². The molecule has 124 valence electrons. The molecule has 0 bridgehead atoms. The van der Waals surface area contributed by atoms with Gasteiger partial charge in [0.1, 0.15) is 5.71 Å². The molecule has 3 rings (SSSR count). The van der Waals surface area contributed by atoms with Crippen molar-refractivity contribution in [3.05, 3.63) is 47.0 Å². The SMILES string of the molecule is Cc1csc(N(C)C(=O)C2=NN(Cc3ccccc3)C(=O)CC2)n1. The van der Waals surface area contributed by atoms with Gasteiger partial charge in [0.05, 0.1) is 12.2 Å². The number of hydrogen-bond donors (Lipinski definition) is 0. The van der Waals surface area contributed by atoms with Crippen LogP contribution < -0.4 is 4.90 Å². The number of benzene rings is 1. The summed E-state index contributed by atoms with van der Waals surface area (Å²) in [6, 6.07) is 9.62. The Morgan fingerprint density at radius 2 is 2.04 bits per heavy atom. The molecule has 0 saturated carbocycles. The lowest BCUT2D eigenvalue weighted by atomic mass is 10.1. The number of nitrogens with zero attached hydrogens (tertiary/aromatic N) is 4. The van der Waals surface area contributed by atoms with Crippen molar-refractivity contribution in [2.45, 2.75) is 26.3 Å². The normalized spacial score (nSPS) is 14.5.